The van der Waals surface area contributed by atoms with Crippen LogP contribution in [-0.4, -0.2) is 26.8 Å². The summed E-state index contributed by atoms with van der Waals surface area (Å²) in [4.78, 5) is 18.3. The first kappa shape index (κ1) is 25.8. The number of hydrogen-bond acceptors (Lipinski definition) is 3. The Balaban J connectivity index is 3.44. The van der Waals surface area contributed by atoms with Crippen LogP contribution >= 0.6 is 7.60 Å². The molecule has 26 heavy (non-hydrogen) atoms. The Hall–Kier alpha value is -0.190. The molecule has 0 amide bonds. The molecule has 0 aliphatic heterocycles. The van der Waals surface area contributed by atoms with Gasteiger partial charge in [-0.25, -0.2) is 0 Å². The van der Waals surface area contributed by atoms with E-state index in [0.29, 0.717) is 6.42 Å². The summed E-state index contributed by atoms with van der Waals surface area (Å²) in [7, 11) is -4.55. The molecule has 0 aromatic rings. The summed E-state index contributed by atoms with van der Waals surface area (Å²) >= 11 is 0. The van der Waals surface area contributed by atoms with E-state index in [1.54, 1.807) is 0 Å². The van der Waals surface area contributed by atoms with E-state index < -0.39 is 19.5 Å². The Morgan fingerprint density at radius 1 is 0.808 bits per heavy atom. The number of rotatable bonds is 18. The molecule has 0 spiro atoms. The van der Waals surface area contributed by atoms with Crippen LogP contribution < -0.4 is 5.73 Å². The van der Waals surface area contributed by atoms with Crippen LogP contribution in [0.2, 0.25) is 0 Å². The summed E-state index contributed by atoms with van der Waals surface area (Å²) in [5.74, 6) is 0. The third-order valence-corrected chi connectivity index (χ3v) is 6.45. The molecule has 0 aromatic heterocycles. The standard InChI is InChI=1S/C20H42NO4P/c1-2-3-4-5-6-7-8-9-10-11-12-13-14-15-16-17-18-20(22,19-21)26(23,24)25/h9-10,22H,2-8,11-19,21H2,1H3,(H2,23,24,25). The Morgan fingerprint density at radius 2 is 1.23 bits per heavy atom. The van der Waals surface area contributed by atoms with Gasteiger partial charge in [-0.05, 0) is 38.5 Å². The second kappa shape index (κ2) is 15.8. The largest absolute Gasteiger partial charge is 0.376 e. The monoisotopic (exact) mass is 391 g/mol. The van der Waals surface area contributed by atoms with Crippen molar-refractivity contribution in [1.82, 2.24) is 0 Å². The molecule has 0 fully saturated rings. The fourth-order valence-electron chi connectivity index (χ4n) is 3.02. The predicted molar refractivity (Wildman–Crippen MR) is 110 cm³/mol. The number of unbranched alkanes of at least 4 members (excludes halogenated alkanes) is 12. The van der Waals surface area contributed by atoms with Crippen LogP contribution in [0.15, 0.2) is 12.2 Å². The van der Waals surface area contributed by atoms with Crippen molar-refractivity contribution >= 4 is 7.60 Å². The summed E-state index contributed by atoms with van der Waals surface area (Å²) < 4.78 is 11.2. The molecule has 156 valence electrons. The maximum Gasteiger partial charge on any atom is 0.358 e. The van der Waals surface area contributed by atoms with Crippen LogP contribution in [0.4, 0.5) is 0 Å². The van der Waals surface area contributed by atoms with E-state index in [0.717, 1.165) is 25.7 Å². The van der Waals surface area contributed by atoms with Crippen molar-refractivity contribution in [3.8, 4) is 0 Å². The molecular formula is C20H42NO4P. The van der Waals surface area contributed by atoms with E-state index >= 15 is 0 Å². The molecule has 0 saturated carbocycles. The highest BCUT2D eigenvalue weighted by Gasteiger charge is 2.43. The van der Waals surface area contributed by atoms with Crippen molar-refractivity contribution in [2.45, 2.75) is 109 Å². The first-order valence-electron chi connectivity index (χ1n) is 10.5. The van der Waals surface area contributed by atoms with Crippen molar-refractivity contribution in [1.29, 1.82) is 0 Å². The molecule has 5 nitrogen and oxygen atoms in total. The summed E-state index contributed by atoms with van der Waals surface area (Å²) in [6.45, 7) is 1.85. The predicted octanol–water partition coefficient (Wildman–Crippen LogP) is 5.24. The van der Waals surface area contributed by atoms with E-state index in [9.17, 15) is 9.67 Å². The topological polar surface area (TPSA) is 104 Å². The number of nitrogens with two attached hydrogens (primary N) is 1. The van der Waals surface area contributed by atoms with Gasteiger partial charge in [0, 0.05) is 6.54 Å². The maximum absolute atomic E-state index is 11.2. The van der Waals surface area contributed by atoms with Gasteiger partial charge in [0.2, 0.25) is 0 Å². The van der Waals surface area contributed by atoms with Gasteiger partial charge in [0.15, 0.2) is 5.34 Å². The van der Waals surface area contributed by atoms with E-state index in [2.05, 4.69) is 19.1 Å². The third kappa shape index (κ3) is 13.1. The minimum absolute atomic E-state index is 0.0644. The van der Waals surface area contributed by atoms with Crippen LogP contribution in [0.1, 0.15) is 103 Å². The van der Waals surface area contributed by atoms with Crippen molar-refractivity contribution in [2.24, 2.45) is 5.73 Å². The van der Waals surface area contributed by atoms with Crippen molar-refractivity contribution in [2.75, 3.05) is 6.54 Å². The highest BCUT2D eigenvalue weighted by molar-refractivity contribution is 7.53. The molecule has 0 aliphatic carbocycles. The molecule has 0 aromatic carbocycles. The van der Waals surface area contributed by atoms with E-state index in [-0.39, 0.29) is 6.42 Å². The summed E-state index contributed by atoms with van der Waals surface area (Å²) in [5, 5.41) is 7.83. The van der Waals surface area contributed by atoms with Gasteiger partial charge in [0.05, 0.1) is 0 Å². The van der Waals surface area contributed by atoms with Crippen LogP contribution in [0.25, 0.3) is 0 Å². The van der Waals surface area contributed by atoms with Gasteiger partial charge in [-0.3, -0.25) is 4.57 Å². The zero-order valence-corrected chi connectivity index (χ0v) is 17.6. The van der Waals surface area contributed by atoms with Gasteiger partial charge in [-0.2, -0.15) is 0 Å². The summed E-state index contributed by atoms with van der Waals surface area (Å²) in [6.07, 6.45) is 21.1. The second-order valence-corrected chi connectivity index (χ2v) is 9.34. The molecule has 0 radical (unpaired) electrons. The lowest BCUT2D eigenvalue weighted by molar-refractivity contribution is 0.0873. The first-order chi connectivity index (χ1) is 12.4. The van der Waals surface area contributed by atoms with Crippen LogP contribution in [0, 0.1) is 0 Å². The molecule has 6 heteroatoms. The SMILES string of the molecule is CCCCCCCCC=CCCCCCCCCC(O)(CN)P(=O)(O)O. The van der Waals surface area contributed by atoms with Crippen molar-refractivity contribution in [3.05, 3.63) is 12.2 Å². The summed E-state index contributed by atoms with van der Waals surface area (Å²) in [6, 6.07) is 0. The van der Waals surface area contributed by atoms with Gasteiger partial charge in [-0.15, -0.1) is 0 Å². The highest BCUT2D eigenvalue weighted by atomic mass is 31.2. The molecule has 0 heterocycles. The zero-order valence-electron chi connectivity index (χ0n) is 16.7. The smallest absolute Gasteiger partial charge is 0.358 e. The van der Waals surface area contributed by atoms with Crippen LogP contribution in [0.5, 0.6) is 0 Å². The van der Waals surface area contributed by atoms with Gasteiger partial charge in [0.1, 0.15) is 0 Å². The number of allylic oxidation sites excluding steroid dienone is 2. The lowest BCUT2D eigenvalue weighted by atomic mass is 10.1. The minimum atomic E-state index is -4.55. The van der Waals surface area contributed by atoms with Gasteiger partial charge in [0.25, 0.3) is 0 Å². The Labute approximate surface area is 160 Å². The molecular weight excluding hydrogens is 349 g/mol. The quantitative estimate of drug-likeness (QED) is 0.145. The van der Waals surface area contributed by atoms with Crippen LogP contribution in [0.3, 0.4) is 0 Å². The molecule has 1 atom stereocenters. The second-order valence-electron chi connectivity index (χ2n) is 7.42. The van der Waals surface area contributed by atoms with Gasteiger partial charge < -0.3 is 20.6 Å². The molecule has 0 aliphatic rings. The number of aliphatic hydroxyl groups is 1. The average molecular weight is 392 g/mol. The number of hydrogen-bond donors (Lipinski definition) is 4. The average Bonchev–Trinajstić information content (AvgIpc) is 2.60. The van der Waals surface area contributed by atoms with E-state index in [1.165, 1.54) is 57.8 Å². The fraction of sp³-hybridized carbons (Fsp3) is 0.900. The minimum Gasteiger partial charge on any atom is -0.376 e. The zero-order chi connectivity index (χ0) is 19.7. The highest BCUT2D eigenvalue weighted by Crippen LogP contribution is 2.50. The first-order valence-corrected chi connectivity index (χ1v) is 12.1. The molecule has 1 unspecified atom stereocenters. The molecule has 5 N–H and O–H groups in total. The van der Waals surface area contributed by atoms with Crippen molar-refractivity contribution in [3.63, 3.8) is 0 Å². The van der Waals surface area contributed by atoms with E-state index in [1.807, 2.05) is 0 Å². The lowest BCUT2D eigenvalue weighted by Gasteiger charge is -2.27. The molecule has 0 rings (SSSR count). The Bertz CT molecular complexity index is 397. The summed E-state index contributed by atoms with van der Waals surface area (Å²) in [5.41, 5.74) is 5.31. The maximum atomic E-state index is 11.2. The van der Waals surface area contributed by atoms with Crippen LogP contribution in [-0.2, 0) is 4.57 Å². The molecule has 0 bridgehead atoms. The van der Waals surface area contributed by atoms with Gasteiger partial charge in [-0.1, -0.05) is 76.9 Å². The van der Waals surface area contributed by atoms with E-state index in [4.69, 9.17) is 15.5 Å². The fourth-order valence-corrected chi connectivity index (χ4v) is 3.71. The molecule has 0 saturated heterocycles. The normalized spacial score (nSPS) is 14.8. The Kier molecular flexibility index (Phi) is 15.7. The third-order valence-electron chi connectivity index (χ3n) is 4.96. The van der Waals surface area contributed by atoms with Crippen molar-refractivity contribution < 1.29 is 19.5 Å². The van der Waals surface area contributed by atoms with Gasteiger partial charge >= 0.3 is 7.60 Å². The lowest BCUT2D eigenvalue weighted by Crippen LogP contribution is -2.37. The Morgan fingerprint density at radius 3 is 1.65 bits per heavy atom.